The number of aromatic nitrogens is 1. The molecule has 1 aromatic heterocycles. The summed E-state index contributed by atoms with van der Waals surface area (Å²) in [6.07, 6.45) is -6.83. The van der Waals surface area contributed by atoms with Crippen molar-refractivity contribution in [2.24, 2.45) is 0 Å². The molecule has 4 atom stereocenters. The number of ether oxygens (including phenoxy) is 3. The van der Waals surface area contributed by atoms with Crippen LogP contribution in [0.2, 0.25) is 0 Å². The monoisotopic (exact) mass is 712 g/mol. The van der Waals surface area contributed by atoms with Gasteiger partial charge in [-0.2, -0.15) is 0 Å². The molecular formula is C35H41ClN4O10. The zero-order valence-electron chi connectivity index (χ0n) is 28.0. The highest BCUT2D eigenvalue weighted by molar-refractivity contribution is 6.19. The number of hydrogen-bond donors (Lipinski definition) is 7. The van der Waals surface area contributed by atoms with E-state index in [1.807, 2.05) is 12.1 Å². The standard InChI is InChI=1S/C35H41ClN4O10/c1-18(42)28(17-41)49-33(32(45)46)48-27-13-26-30(23-8-6-5-7-22(23)27)20(14-36)16-40(26)31(44)25-12-19-11-21(9-10-24(19)39-25)38-29(43)15-37-34(47)50-35(2,3)4/h5-13,18,20,28,32-33,39,41-42,45-46H,14-17H2,1-4H3,(H,37,47)(H,38,43)/t18-,20?,28?,33?/m1/s1. The lowest BCUT2D eigenvalue weighted by Gasteiger charge is -2.28. The fraction of sp³-hybridized carbons (Fsp3) is 0.400. The van der Waals surface area contributed by atoms with Crippen LogP contribution in [0.3, 0.4) is 0 Å². The van der Waals surface area contributed by atoms with Crippen LogP contribution in [-0.4, -0.2) is 99.3 Å². The molecule has 2 heterocycles. The Morgan fingerprint density at radius 2 is 1.78 bits per heavy atom. The van der Waals surface area contributed by atoms with Crippen molar-refractivity contribution >= 4 is 62.6 Å². The second-order valence-electron chi connectivity index (χ2n) is 13.0. The van der Waals surface area contributed by atoms with Gasteiger partial charge in [-0.25, -0.2) is 4.79 Å². The van der Waals surface area contributed by atoms with Gasteiger partial charge < -0.3 is 55.2 Å². The van der Waals surface area contributed by atoms with Gasteiger partial charge in [-0.3, -0.25) is 9.59 Å². The molecule has 3 aromatic carbocycles. The van der Waals surface area contributed by atoms with Gasteiger partial charge >= 0.3 is 6.09 Å². The summed E-state index contributed by atoms with van der Waals surface area (Å²) in [6.45, 7) is 5.90. The van der Waals surface area contributed by atoms with Crippen LogP contribution in [0.4, 0.5) is 16.2 Å². The molecule has 0 radical (unpaired) electrons. The maximum atomic E-state index is 14.1. The van der Waals surface area contributed by atoms with Crippen LogP contribution in [0.1, 0.15) is 49.7 Å². The van der Waals surface area contributed by atoms with Gasteiger partial charge in [0.1, 0.15) is 29.7 Å². The van der Waals surface area contributed by atoms with Gasteiger partial charge in [0, 0.05) is 46.4 Å². The van der Waals surface area contributed by atoms with Gasteiger partial charge in [-0.05, 0) is 62.9 Å². The van der Waals surface area contributed by atoms with Gasteiger partial charge in [0.05, 0.1) is 18.4 Å². The largest absolute Gasteiger partial charge is 0.459 e. The minimum Gasteiger partial charge on any atom is -0.459 e. The van der Waals surface area contributed by atoms with Crippen molar-refractivity contribution in [3.63, 3.8) is 0 Å². The first-order valence-electron chi connectivity index (χ1n) is 16.0. The van der Waals surface area contributed by atoms with Crippen molar-refractivity contribution < 1.29 is 49.0 Å². The van der Waals surface area contributed by atoms with Gasteiger partial charge in [-0.1, -0.05) is 24.3 Å². The average molecular weight is 713 g/mol. The molecule has 268 valence electrons. The van der Waals surface area contributed by atoms with E-state index in [4.69, 9.17) is 25.8 Å². The summed E-state index contributed by atoms with van der Waals surface area (Å²) in [4.78, 5) is 43.2. The number of aliphatic hydroxyl groups is 4. The van der Waals surface area contributed by atoms with Gasteiger partial charge in [0.15, 0.2) is 0 Å². The fourth-order valence-corrected chi connectivity index (χ4v) is 5.99. The minimum atomic E-state index is -2.13. The molecule has 0 aliphatic carbocycles. The van der Waals surface area contributed by atoms with E-state index in [2.05, 4.69) is 15.6 Å². The molecule has 14 nitrogen and oxygen atoms in total. The van der Waals surface area contributed by atoms with E-state index in [-0.39, 0.29) is 42.2 Å². The number of rotatable bonds is 12. The van der Waals surface area contributed by atoms with Crippen LogP contribution in [0.15, 0.2) is 54.6 Å². The molecule has 1 aliphatic rings. The summed E-state index contributed by atoms with van der Waals surface area (Å²) in [5, 5.41) is 46.8. The molecule has 3 unspecified atom stereocenters. The average Bonchev–Trinajstić information content (AvgIpc) is 3.65. The number of anilines is 2. The first kappa shape index (κ1) is 36.8. The van der Waals surface area contributed by atoms with Crippen LogP contribution in [0.5, 0.6) is 5.75 Å². The quantitative estimate of drug-likeness (QED) is 0.0841. The summed E-state index contributed by atoms with van der Waals surface area (Å²) in [6, 6.07) is 15.6. The lowest BCUT2D eigenvalue weighted by Crippen LogP contribution is -2.42. The Bertz CT molecular complexity index is 1870. The molecule has 50 heavy (non-hydrogen) atoms. The third kappa shape index (κ3) is 8.29. The molecule has 0 saturated heterocycles. The number of nitrogens with zero attached hydrogens (tertiary/aromatic N) is 1. The van der Waals surface area contributed by atoms with Gasteiger partial charge in [0.2, 0.25) is 12.2 Å². The van der Waals surface area contributed by atoms with E-state index in [0.717, 1.165) is 10.9 Å². The number of nitrogens with one attached hydrogen (secondary N) is 3. The Morgan fingerprint density at radius 3 is 2.42 bits per heavy atom. The lowest BCUT2D eigenvalue weighted by molar-refractivity contribution is -0.250. The Morgan fingerprint density at radius 1 is 1.06 bits per heavy atom. The van der Waals surface area contributed by atoms with Gasteiger partial charge in [-0.15, -0.1) is 11.6 Å². The predicted octanol–water partition coefficient (Wildman–Crippen LogP) is 3.54. The van der Waals surface area contributed by atoms with Crippen molar-refractivity contribution in [3.05, 3.63) is 65.9 Å². The smallest absolute Gasteiger partial charge is 0.408 e. The second-order valence-corrected chi connectivity index (χ2v) is 13.3. The Hall–Kier alpha value is -4.44. The normalized spacial score (nSPS) is 16.3. The zero-order chi connectivity index (χ0) is 36.3. The maximum Gasteiger partial charge on any atom is 0.408 e. The number of alkyl halides is 1. The van der Waals surface area contributed by atoms with Crippen LogP contribution in [-0.2, 0) is 14.3 Å². The molecular weight excluding hydrogens is 672 g/mol. The van der Waals surface area contributed by atoms with E-state index in [1.165, 1.54) is 6.92 Å². The highest BCUT2D eigenvalue weighted by Crippen LogP contribution is 2.46. The maximum absolute atomic E-state index is 14.1. The Kier molecular flexibility index (Phi) is 11.2. The fourth-order valence-electron chi connectivity index (χ4n) is 5.74. The molecule has 1 aliphatic heterocycles. The molecule has 3 amide bonds. The van der Waals surface area contributed by atoms with Crippen LogP contribution >= 0.6 is 11.6 Å². The number of hydrogen-bond acceptors (Lipinski definition) is 10. The van der Waals surface area contributed by atoms with E-state index in [1.54, 1.807) is 68.1 Å². The molecule has 0 bridgehead atoms. The predicted molar refractivity (Wildman–Crippen MR) is 187 cm³/mol. The molecule has 0 fully saturated rings. The second kappa shape index (κ2) is 15.2. The number of carbonyl (C=O) groups excluding carboxylic acids is 3. The van der Waals surface area contributed by atoms with E-state index < -0.39 is 49.0 Å². The first-order chi connectivity index (χ1) is 23.7. The number of alkyl carbamates (subject to hydrolysis) is 1. The van der Waals surface area contributed by atoms with Gasteiger partial charge in [0.25, 0.3) is 12.2 Å². The first-order valence-corrected chi connectivity index (χ1v) is 16.5. The highest BCUT2D eigenvalue weighted by atomic mass is 35.5. The number of benzene rings is 3. The van der Waals surface area contributed by atoms with Crippen molar-refractivity contribution in [2.75, 3.05) is 35.8 Å². The number of amides is 3. The lowest BCUT2D eigenvalue weighted by atomic mass is 9.95. The van der Waals surface area contributed by atoms with Crippen molar-refractivity contribution in [1.29, 1.82) is 0 Å². The number of aromatic amines is 1. The van der Waals surface area contributed by atoms with Crippen molar-refractivity contribution in [1.82, 2.24) is 10.3 Å². The van der Waals surface area contributed by atoms with Crippen molar-refractivity contribution in [3.8, 4) is 5.75 Å². The molecule has 4 aromatic rings. The number of aliphatic hydroxyl groups excluding tert-OH is 3. The number of halogens is 1. The summed E-state index contributed by atoms with van der Waals surface area (Å²) in [5.74, 6) is -0.682. The molecule has 7 N–H and O–H groups in total. The van der Waals surface area contributed by atoms with Crippen LogP contribution in [0.25, 0.3) is 21.7 Å². The zero-order valence-corrected chi connectivity index (χ0v) is 28.7. The molecule has 0 spiro atoms. The number of carbonyl (C=O) groups is 3. The Balaban J connectivity index is 1.41. The number of H-pyrrole nitrogens is 1. The summed E-state index contributed by atoms with van der Waals surface area (Å²) in [7, 11) is 0. The SMILES string of the molecule is C[C@@H](O)C(CO)OC(Oc1cc2c(c3ccccc13)C(CCl)CN2C(=O)c1cc2cc(NC(=O)CNC(=O)OC(C)(C)C)ccc2[nH]1)C(O)O. The Labute approximate surface area is 292 Å². The van der Waals surface area contributed by atoms with E-state index >= 15 is 0 Å². The third-order valence-corrected chi connectivity index (χ3v) is 8.37. The topological polar surface area (TPSA) is 203 Å². The van der Waals surface area contributed by atoms with Crippen LogP contribution < -0.4 is 20.3 Å². The van der Waals surface area contributed by atoms with E-state index in [0.29, 0.717) is 27.7 Å². The number of fused-ring (bicyclic) bond motifs is 4. The summed E-state index contributed by atoms with van der Waals surface area (Å²) < 4.78 is 16.6. The summed E-state index contributed by atoms with van der Waals surface area (Å²) in [5.41, 5.74) is 1.97. The molecule has 0 saturated carbocycles. The molecule has 15 heteroatoms. The molecule has 5 rings (SSSR count). The third-order valence-electron chi connectivity index (χ3n) is 8.00. The van der Waals surface area contributed by atoms with Crippen molar-refractivity contribution in [2.45, 2.75) is 64.0 Å². The van der Waals surface area contributed by atoms with E-state index in [9.17, 15) is 34.8 Å². The van der Waals surface area contributed by atoms with Crippen LogP contribution in [0, 0.1) is 0 Å². The highest BCUT2D eigenvalue weighted by Gasteiger charge is 2.36. The minimum absolute atomic E-state index is 0.172. The summed E-state index contributed by atoms with van der Waals surface area (Å²) >= 11 is 6.44.